The van der Waals surface area contributed by atoms with Gasteiger partial charge >= 0.3 is 5.69 Å². The molecule has 5 atom stereocenters. The van der Waals surface area contributed by atoms with E-state index in [1.165, 1.54) is 12.0 Å². The Kier molecular flexibility index (Phi) is 5.73. The Balaban J connectivity index is 1.98. The topological polar surface area (TPSA) is 114 Å². The molecule has 3 aliphatic rings. The molecule has 2 aliphatic carbocycles. The van der Waals surface area contributed by atoms with Crippen molar-refractivity contribution in [3.63, 3.8) is 0 Å². The maximum absolute atomic E-state index is 15.6. The van der Waals surface area contributed by atoms with E-state index in [4.69, 9.17) is 10.5 Å². The van der Waals surface area contributed by atoms with Crippen LogP contribution in [0.4, 0.5) is 17.6 Å². The lowest BCUT2D eigenvalue weighted by atomic mass is 9.93. The molecule has 0 amide bonds. The minimum atomic E-state index is -3.32. The highest BCUT2D eigenvalue weighted by Gasteiger charge is 2.48. The number of aliphatic hydroxyl groups excluding tert-OH is 1. The molecule has 1 aromatic heterocycles. The molecular formula is C19H24F4N4O4. The average Bonchev–Trinajstić information content (AvgIpc) is 3.47. The number of alkyl halides is 4. The molecule has 31 heavy (non-hydrogen) atoms. The molecule has 8 nitrogen and oxygen atoms in total. The fraction of sp³-hybridized carbons (Fsp3) is 0.684. The summed E-state index contributed by atoms with van der Waals surface area (Å²) in [6.45, 7) is -0.917. The number of methoxy groups -OCH3 is 1. The molecule has 1 saturated carbocycles. The number of hydrogen-bond donors (Lipinski definition) is 3. The third-order valence-electron chi connectivity index (χ3n) is 6.35. The van der Waals surface area contributed by atoms with Crippen LogP contribution in [0.5, 0.6) is 0 Å². The molecule has 2 fully saturated rings. The second kappa shape index (κ2) is 8.06. The fourth-order valence-corrected chi connectivity index (χ4v) is 4.70. The number of hydrogen-bond acceptors (Lipinski definition) is 6. The lowest BCUT2D eigenvalue weighted by Crippen LogP contribution is -2.63. The number of fused-ring (bicyclic) bond motifs is 1. The number of aromatic nitrogens is 2. The molecule has 1 saturated heterocycles. The van der Waals surface area contributed by atoms with Gasteiger partial charge in [-0.2, -0.15) is 0 Å². The van der Waals surface area contributed by atoms with Gasteiger partial charge in [-0.15, -0.1) is 0 Å². The predicted octanol–water partition coefficient (Wildman–Crippen LogP) is -1.65. The summed E-state index contributed by atoms with van der Waals surface area (Å²) < 4.78 is 64.7. The van der Waals surface area contributed by atoms with Gasteiger partial charge in [0.05, 0.1) is 24.3 Å². The van der Waals surface area contributed by atoms with Gasteiger partial charge in [0.25, 0.3) is 12.0 Å². The first-order chi connectivity index (χ1) is 14.7. The minimum Gasteiger partial charge on any atom is -0.497 e. The van der Waals surface area contributed by atoms with Gasteiger partial charge in [-0.25, -0.2) is 22.4 Å². The largest absolute Gasteiger partial charge is 0.497 e. The molecule has 12 heteroatoms. The standard InChI is InChI=1S/C19H24F4N4O4/c1-31-16-14-12(18(29)25-19(30)27(14)7-2-3-7)11(17(22)23)13(21)15(16)26-4-8(9(20)5-26)10(24)6-28/h7-10,13,15,17,28H,2-6,24H2,1H3,(H,25,29,30). The van der Waals surface area contributed by atoms with E-state index < -0.39 is 65.4 Å². The Morgan fingerprint density at radius 3 is 2.48 bits per heavy atom. The number of nitrogens with one attached hydrogen (secondary N) is 1. The summed E-state index contributed by atoms with van der Waals surface area (Å²) in [6.07, 6.45) is -6.03. The van der Waals surface area contributed by atoms with E-state index in [9.17, 15) is 27.9 Å². The van der Waals surface area contributed by atoms with Gasteiger partial charge in [-0.1, -0.05) is 0 Å². The van der Waals surface area contributed by atoms with Crippen LogP contribution in [0.15, 0.2) is 9.59 Å². The van der Waals surface area contributed by atoms with E-state index in [1.54, 1.807) is 0 Å². The number of aromatic amines is 1. The van der Waals surface area contributed by atoms with Gasteiger partial charge in [0.2, 0.25) is 0 Å². The second-order valence-corrected chi connectivity index (χ2v) is 8.24. The van der Waals surface area contributed by atoms with Crippen molar-refractivity contribution >= 4 is 11.3 Å². The Labute approximate surface area is 173 Å². The number of likely N-dealkylation sites (tertiary alicyclic amines) is 1. The maximum atomic E-state index is 15.6. The smallest absolute Gasteiger partial charge is 0.329 e. The number of aliphatic hydroxyl groups is 1. The summed E-state index contributed by atoms with van der Waals surface area (Å²) in [6, 6.07) is -2.71. The van der Waals surface area contributed by atoms with Crippen LogP contribution in [-0.2, 0) is 4.74 Å². The van der Waals surface area contributed by atoms with Gasteiger partial charge in [-0.05, 0) is 12.8 Å². The number of ether oxygens (including phenoxy) is 1. The molecule has 0 spiro atoms. The third-order valence-corrected chi connectivity index (χ3v) is 6.35. The van der Waals surface area contributed by atoms with E-state index >= 15 is 4.39 Å². The molecule has 5 unspecified atom stereocenters. The number of nitrogens with two attached hydrogens (primary N) is 1. The van der Waals surface area contributed by atoms with Crippen LogP contribution in [0.3, 0.4) is 0 Å². The molecule has 0 bridgehead atoms. The molecule has 4 rings (SSSR count). The van der Waals surface area contributed by atoms with Crippen molar-refractivity contribution in [2.75, 3.05) is 26.8 Å². The van der Waals surface area contributed by atoms with Gasteiger partial charge in [0.15, 0.2) is 6.17 Å². The van der Waals surface area contributed by atoms with Crippen LogP contribution in [0.25, 0.3) is 11.3 Å². The Bertz CT molecular complexity index is 1100. The number of H-pyrrole nitrogens is 1. The van der Waals surface area contributed by atoms with Crippen molar-refractivity contribution < 1.29 is 27.4 Å². The normalized spacial score (nSPS) is 30.1. The van der Waals surface area contributed by atoms with Crippen molar-refractivity contribution in [1.82, 2.24) is 14.5 Å². The van der Waals surface area contributed by atoms with E-state index in [2.05, 4.69) is 0 Å². The zero-order valence-electron chi connectivity index (χ0n) is 16.7. The van der Waals surface area contributed by atoms with Crippen molar-refractivity contribution in [3.8, 4) is 0 Å². The summed E-state index contributed by atoms with van der Waals surface area (Å²) in [7, 11) is 1.19. The highest BCUT2D eigenvalue weighted by molar-refractivity contribution is 5.63. The highest BCUT2D eigenvalue weighted by Crippen LogP contribution is 2.35. The minimum absolute atomic E-state index is 0.108. The van der Waals surface area contributed by atoms with E-state index in [1.807, 2.05) is 4.98 Å². The lowest BCUT2D eigenvalue weighted by molar-refractivity contribution is 0.131. The second-order valence-electron chi connectivity index (χ2n) is 8.24. The van der Waals surface area contributed by atoms with Crippen LogP contribution < -0.4 is 27.6 Å². The van der Waals surface area contributed by atoms with Crippen LogP contribution >= 0.6 is 0 Å². The summed E-state index contributed by atoms with van der Waals surface area (Å²) in [5, 5.41) is 8.48. The number of nitrogens with zero attached hydrogens (tertiary/aromatic N) is 2. The summed E-state index contributed by atoms with van der Waals surface area (Å²) in [5.41, 5.74) is 2.79. The SMILES string of the molecule is COC1=c2c(c(=O)[nH]c(=O)n2C2CC2)=C(C(F)F)C(F)C1N1CC(F)C(C(N)CO)C1. The number of halogens is 4. The van der Waals surface area contributed by atoms with E-state index in [0.29, 0.717) is 12.8 Å². The highest BCUT2D eigenvalue weighted by atomic mass is 19.3. The summed E-state index contributed by atoms with van der Waals surface area (Å²) in [5.74, 6) is -1.01. The maximum Gasteiger partial charge on any atom is 0.329 e. The molecule has 172 valence electrons. The molecule has 0 radical (unpaired) electrons. The molecule has 1 aromatic rings. The van der Waals surface area contributed by atoms with Crippen molar-refractivity contribution in [2.24, 2.45) is 11.7 Å². The fourth-order valence-electron chi connectivity index (χ4n) is 4.70. The van der Waals surface area contributed by atoms with Crippen molar-refractivity contribution in [2.45, 2.75) is 49.7 Å². The summed E-state index contributed by atoms with van der Waals surface area (Å²) in [4.78, 5) is 28.3. The van der Waals surface area contributed by atoms with Crippen LogP contribution in [-0.4, -0.2) is 77.2 Å². The first kappa shape index (κ1) is 22.0. The zero-order chi connectivity index (χ0) is 22.6. The van der Waals surface area contributed by atoms with Gasteiger partial charge in [0, 0.05) is 36.7 Å². The quantitative estimate of drug-likeness (QED) is 0.450. The van der Waals surface area contributed by atoms with E-state index in [-0.39, 0.29) is 30.2 Å². The van der Waals surface area contributed by atoms with Crippen molar-refractivity contribution in [1.29, 1.82) is 0 Å². The Hall–Kier alpha value is -2.18. The monoisotopic (exact) mass is 448 g/mol. The third kappa shape index (κ3) is 3.50. The molecule has 2 heterocycles. The average molecular weight is 448 g/mol. The first-order valence-corrected chi connectivity index (χ1v) is 10.0. The molecule has 4 N–H and O–H groups in total. The molecular weight excluding hydrogens is 424 g/mol. The zero-order valence-corrected chi connectivity index (χ0v) is 16.7. The first-order valence-electron chi connectivity index (χ1n) is 10.0. The molecule has 1 aliphatic heterocycles. The Morgan fingerprint density at radius 1 is 1.26 bits per heavy atom. The molecule has 0 aromatic carbocycles. The summed E-state index contributed by atoms with van der Waals surface area (Å²) >= 11 is 0. The number of rotatable bonds is 6. The predicted molar refractivity (Wildman–Crippen MR) is 102 cm³/mol. The van der Waals surface area contributed by atoms with Gasteiger partial charge in [-0.3, -0.25) is 19.2 Å². The Morgan fingerprint density at radius 2 is 1.94 bits per heavy atom. The van der Waals surface area contributed by atoms with Crippen LogP contribution in [0.1, 0.15) is 18.9 Å². The van der Waals surface area contributed by atoms with Crippen LogP contribution in [0, 0.1) is 5.92 Å². The van der Waals surface area contributed by atoms with E-state index in [0.717, 1.165) is 4.57 Å². The van der Waals surface area contributed by atoms with Gasteiger partial charge < -0.3 is 15.6 Å². The van der Waals surface area contributed by atoms with Crippen molar-refractivity contribution in [3.05, 3.63) is 31.4 Å². The van der Waals surface area contributed by atoms with Crippen LogP contribution in [0.2, 0.25) is 0 Å². The van der Waals surface area contributed by atoms with Gasteiger partial charge in [0.1, 0.15) is 18.0 Å². The lowest BCUT2D eigenvalue weighted by Gasteiger charge is -2.35.